The number of nitrogens with zero attached hydrogens (tertiary/aromatic N) is 3. The Labute approximate surface area is 304 Å². The number of ketones is 1. The minimum Gasteiger partial charge on any atom is -0.465 e. The lowest BCUT2D eigenvalue weighted by atomic mass is 10.0. The summed E-state index contributed by atoms with van der Waals surface area (Å²) in [6.07, 6.45) is 2.08. The number of carboxylic acid groups (broad SMARTS) is 1. The summed E-state index contributed by atoms with van der Waals surface area (Å²) in [5.41, 5.74) is 3.93. The van der Waals surface area contributed by atoms with Gasteiger partial charge in [0.05, 0.1) is 29.5 Å². The van der Waals surface area contributed by atoms with Crippen LogP contribution in [-0.4, -0.2) is 109 Å². The second-order valence-electron chi connectivity index (χ2n) is 13.3. The van der Waals surface area contributed by atoms with Gasteiger partial charge in [0.25, 0.3) is 0 Å². The van der Waals surface area contributed by atoms with Gasteiger partial charge < -0.3 is 30.4 Å². The number of likely N-dealkylation sites (tertiary alicyclic amines) is 2. The van der Waals surface area contributed by atoms with E-state index in [1.165, 1.54) is 12.0 Å². The van der Waals surface area contributed by atoms with Crippen molar-refractivity contribution in [2.24, 2.45) is 5.92 Å². The molecule has 13 nitrogen and oxygen atoms in total. The van der Waals surface area contributed by atoms with Gasteiger partial charge in [0.1, 0.15) is 17.9 Å². The van der Waals surface area contributed by atoms with E-state index in [2.05, 4.69) is 15.6 Å². The number of hydrogen-bond acceptors (Lipinski definition) is 9. The van der Waals surface area contributed by atoms with Crippen LogP contribution in [-0.2, 0) is 14.3 Å². The predicted octanol–water partition coefficient (Wildman–Crippen LogP) is 5.02. The predicted molar refractivity (Wildman–Crippen MR) is 195 cm³/mol. The molecule has 1 aromatic heterocycles. The third-order valence-electron chi connectivity index (χ3n) is 9.64. The van der Waals surface area contributed by atoms with E-state index in [1.807, 2.05) is 56.4 Å². The van der Waals surface area contributed by atoms with Gasteiger partial charge in [-0.3, -0.25) is 19.3 Å². The normalized spacial score (nSPS) is 20.1. The number of Topliss-reactive ketones (excluding diaryl/α,β-unsaturated/α-hetero) is 1. The molecule has 3 aliphatic heterocycles. The van der Waals surface area contributed by atoms with Crippen molar-refractivity contribution in [3.8, 4) is 22.4 Å². The molecule has 0 aliphatic carbocycles. The first kappa shape index (κ1) is 36.3. The number of amides is 4. The maximum absolute atomic E-state index is 13.5. The van der Waals surface area contributed by atoms with E-state index in [0.717, 1.165) is 46.7 Å². The Morgan fingerprint density at radius 2 is 1.65 bits per heavy atom. The van der Waals surface area contributed by atoms with Crippen molar-refractivity contribution >= 4 is 53.3 Å². The molecule has 4 amide bonds. The number of benzene rings is 2. The highest BCUT2D eigenvalue weighted by Gasteiger charge is 2.51. The van der Waals surface area contributed by atoms with Gasteiger partial charge in [0.15, 0.2) is 5.78 Å². The number of rotatable bonds is 10. The summed E-state index contributed by atoms with van der Waals surface area (Å²) in [6.45, 7) is 4.42. The summed E-state index contributed by atoms with van der Waals surface area (Å²) in [5, 5.41) is 15.0. The molecular weight excluding hydrogens is 693 g/mol. The summed E-state index contributed by atoms with van der Waals surface area (Å²) in [7, 11) is 1.27. The van der Waals surface area contributed by atoms with Crippen molar-refractivity contribution in [1.82, 2.24) is 30.4 Å². The number of imidazole rings is 1. The largest absolute Gasteiger partial charge is 0.465 e. The summed E-state index contributed by atoms with van der Waals surface area (Å²) >= 11 is 3.41. The standard InChI is InChI=1S/C36H42N6O7S2/c1-21(2)30(40-34(46)49-3)33(45)41-14-4-5-27(41)31-37-18-26(39-31)24-10-6-22(7-11-24)23-8-12-25(13-9-23)29(43)19-38-32(44)28-17-36(50-15-16-51-36)20-42(28)35(47)48/h6-13,18,21,27-28,30H,4-5,14-17,19-20H2,1-3H3,(H,37,39)(H,38,44)(H,40,46)(H,47,48)/t27?,28?,30-/m0/s1. The highest BCUT2D eigenvalue weighted by Crippen LogP contribution is 2.51. The van der Waals surface area contributed by atoms with Gasteiger partial charge in [-0.05, 0) is 29.9 Å². The van der Waals surface area contributed by atoms with E-state index in [9.17, 15) is 29.1 Å². The third kappa shape index (κ3) is 7.88. The van der Waals surface area contributed by atoms with Crippen LogP contribution in [0.4, 0.5) is 9.59 Å². The van der Waals surface area contributed by atoms with E-state index in [0.29, 0.717) is 30.9 Å². The number of methoxy groups -OCH3 is 1. The fourth-order valence-electron chi connectivity index (χ4n) is 6.90. The maximum Gasteiger partial charge on any atom is 0.408 e. The average Bonchev–Trinajstić information content (AvgIpc) is 3.96. The number of aromatic nitrogens is 2. The van der Waals surface area contributed by atoms with E-state index < -0.39 is 30.2 Å². The number of carbonyl (C=O) groups excluding carboxylic acids is 4. The zero-order valence-corrected chi connectivity index (χ0v) is 30.4. The van der Waals surface area contributed by atoms with E-state index >= 15 is 0 Å². The van der Waals surface area contributed by atoms with Gasteiger partial charge in [-0.2, -0.15) is 0 Å². The molecule has 0 bridgehead atoms. The number of carbonyl (C=O) groups is 5. The molecule has 51 heavy (non-hydrogen) atoms. The number of hydrogen-bond donors (Lipinski definition) is 4. The molecule has 0 radical (unpaired) electrons. The Balaban J connectivity index is 1.05. The maximum atomic E-state index is 13.5. The Morgan fingerprint density at radius 3 is 2.27 bits per heavy atom. The topological polar surface area (TPSA) is 174 Å². The van der Waals surface area contributed by atoms with Gasteiger partial charge in [-0.15, -0.1) is 23.5 Å². The molecule has 4 heterocycles. The van der Waals surface area contributed by atoms with Crippen molar-refractivity contribution in [2.75, 3.05) is 38.2 Å². The number of thioether (sulfide) groups is 2. The molecule has 3 aliphatic rings. The smallest absolute Gasteiger partial charge is 0.408 e. The quantitative estimate of drug-likeness (QED) is 0.207. The lowest BCUT2D eigenvalue weighted by Gasteiger charge is -2.29. The van der Waals surface area contributed by atoms with Crippen LogP contribution in [0, 0.1) is 5.92 Å². The average molecular weight is 735 g/mol. The zero-order valence-electron chi connectivity index (χ0n) is 28.7. The monoisotopic (exact) mass is 734 g/mol. The fraction of sp³-hybridized carbons (Fsp3) is 0.444. The molecule has 3 fully saturated rings. The molecule has 3 atom stereocenters. The molecule has 15 heteroatoms. The van der Waals surface area contributed by atoms with E-state index in [4.69, 9.17) is 9.72 Å². The van der Waals surface area contributed by atoms with Gasteiger partial charge in [0, 0.05) is 48.3 Å². The van der Waals surface area contributed by atoms with Crippen molar-refractivity contribution in [3.63, 3.8) is 0 Å². The molecule has 0 saturated carbocycles. The van der Waals surface area contributed by atoms with Gasteiger partial charge >= 0.3 is 12.2 Å². The summed E-state index contributed by atoms with van der Waals surface area (Å²) in [4.78, 5) is 74.2. The van der Waals surface area contributed by atoms with Crippen LogP contribution >= 0.6 is 23.5 Å². The third-order valence-corrected chi connectivity index (χ3v) is 13.1. The van der Waals surface area contributed by atoms with Crippen molar-refractivity contribution in [3.05, 3.63) is 66.1 Å². The molecule has 2 unspecified atom stereocenters. The fourth-order valence-corrected chi connectivity index (χ4v) is 10.2. The number of H-pyrrole nitrogens is 1. The molecule has 270 valence electrons. The molecule has 4 N–H and O–H groups in total. The van der Waals surface area contributed by atoms with Gasteiger partial charge in [-0.25, -0.2) is 14.6 Å². The number of aromatic amines is 1. The van der Waals surface area contributed by atoms with Crippen LogP contribution in [0.1, 0.15) is 55.3 Å². The SMILES string of the molecule is COC(=O)N[C@H](C(=O)N1CCCC1c1nc(-c2ccc(-c3ccc(C(=O)CNC(=O)C4CC5(CN4C(=O)O)SCCS5)cc3)cc2)c[nH]1)C(C)C. The first-order valence-corrected chi connectivity index (χ1v) is 19.0. The minimum absolute atomic E-state index is 0.119. The molecule has 2 aromatic carbocycles. The molecular formula is C36H42N6O7S2. The van der Waals surface area contributed by atoms with Crippen LogP contribution in [0.25, 0.3) is 22.4 Å². The Morgan fingerprint density at radius 1 is 1.00 bits per heavy atom. The van der Waals surface area contributed by atoms with Crippen molar-refractivity contribution < 1.29 is 33.8 Å². The zero-order chi connectivity index (χ0) is 36.3. The first-order valence-electron chi connectivity index (χ1n) is 17.0. The molecule has 6 rings (SSSR count). The highest BCUT2D eigenvalue weighted by molar-refractivity contribution is 8.21. The lowest BCUT2D eigenvalue weighted by Crippen LogP contribution is -2.51. The van der Waals surface area contributed by atoms with Crippen LogP contribution in [0.3, 0.4) is 0 Å². The van der Waals surface area contributed by atoms with E-state index in [-0.39, 0.29) is 34.3 Å². The van der Waals surface area contributed by atoms with Crippen LogP contribution < -0.4 is 10.6 Å². The van der Waals surface area contributed by atoms with E-state index in [1.54, 1.807) is 40.6 Å². The Hall–Kier alpha value is -4.50. The van der Waals surface area contributed by atoms with Crippen molar-refractivity contribution in [2.45, 2.75) is 55.3 Å². The minimum atomic E-state index is -1.12. The summed E-state index contributed by atoms with van der Waals surface area (Å²) in [6, 6.07) is 13.3. The molecule has 3 aromatic rings. The van der Waals surface area contributed by atoms with Crippen LogP contribution in [0.5, 0.6) is 0 Å². The summed E-state index contributed by atoms with van der Waals surface area (Å²) < 4.78 is 4.44. The van der Waals surface area contributed by atoms with Crippen LogP contribution in [0.15, 0.2) is 54.7 Å². The highest BCUT2D eigenvalue weighted by atomic mass is 32.2. The summed E-state index contributed by atoms with van der Waals surface area (Å²) in [5.74, 6) is 1.56. The number of ether oxygens (including phenoxy) is 1. The first-order chi connectivity index (χ1) is 24.5. The number of nitrogens with one attached hydrogen (secondary N) is 3. The number of alkyl carbamates (subject to hydrolysis) is 1. The van der Waals surface area contributed by atoms with Crippen molar-refractivity contribution in [1.29, 1.82) is 0 Å². The second kappa shape index (κ2) is 15.4. The second-order valence-corrected chi connectivity index (χ2v) is 16.5. The lowest BCUT2D eigenvalue weighted by molar-refractivity contribution is -0.135. The van der Waals surface area contributed by atoms with Gasteiger partial charge in [-0.1, -0.05) is 62.4 Å². The van der Waals surface area contributed by atoms with Crippen LogP contribution in [0.2, 0.25) is 0 Å². The molecule has 3 saturated heterocycles. The Bertz CT molecular complexity index is 1770. The molecule has 1 spiro atoms. The Kier molecular flexibility index (Phi) is 11.0. The van der Waals surface area contributed by atoms with Gasteiger partial charge in [0.2, 0.25) is 11.8 Å².